The molecule has 0 amide bonds. The lowest BCUT2D eigenvalue weighted by atomic mass is 9.47. The summed E-state index contributed by atoms with van der Waals surface area (Å²) in [4.78, 5) is 0. The van der Waals surface area contributed by atoms with Crippen LogP contribution in [0.1, 0.15) is 58.4 Å². The third kappa shape index (κ3) is 3.35. The lowest BCUT2D eigenvalue weighted by molar-refractivity contribution is -0.0389. The van der Waals surface area contributed by atoms with Gasteiger partial charge >= 0.3 is 0 Å². The van der Waals surface area contributed by atoms with E-state index in [1.165, 1.54) is 48.6 Å². The van der Waals surface area contributed by atoms with E-state index < -0.39 is 8.07 Å². The number of hydrogen-bond donors (Lipinski definition) is 0. The molecular weight excluding hydrogens is 320 g/mol. The molecule has 0 saturated heterocycles. The average molecular weight is 357 g/mol. The van der Waals surface area contributed by atoms with Gasteiger partial charge in [0, 0.05) is 11.5 Å². The van der Waals surface area contributed by atoms with Crippen LogP contribution >= 0.6 is 0 Å². The van der Waals surface area contributed by atoms with Crippen LogP contribution < -0.4 is 5.38 Å². The van der Waals surface area contributed by atoms with Crippen molar-refractivity contribution in [3.05, 3.63) is 36.1 Å². The Labute approximate surface area is 155 Å². The van der Waals surface area contributed by atoms with Crippen molar-refractivity contribution >= 4 is 19.5 Å². The van der Waals surface area contributed by atoms with Gasteiger partial charge in [-0.1, -0.05) is 71.1 Å². The van der Waals surface area contributed by atoms with Gasteiger partial charge in [-0.05, 0) is 48.5 Å². The van der Waals surface area contributed by atoms with Gasteiger partial charge in [-0.3, -0.25) is 0 Å². The van der Waals surface area contributed by atoms with E-state index in [1.54, 1.807) is 0 Å². The number of hydrogen-bond acceptors (Lipinski definition) is 1. The molecule has 2 heteroatoms. The van der Waals surface area contributed by atoms with Gasteiger partial charge < -0.3 is 4.42 Å². The van der Waals surface area contributed by atoms with Crippen LogP contribution in [0.5, 0.6) is 0 Å². The predicted octanol–water partition coefficient (Wildman–Crippen LogP) is 6.64. The van der Waals surface area contributed by atoms with E-state index in [-0.39, 0.29) is 0 Å². The molecule has 0 radical (unpaired) electrons. The first-order valence-electron chi connectivity index (χ1n) is 9.99. The molecule has 1 aromatic heterocycles. The zero-order valence-electron chi connectivity index (χ0n) is 17.1. The maximum absolute atomic E-state index is 5.85. The Bertz CT molecular complexity index is 673. The monoisotopic (exact) mass is 356 g/mol. The highest BCUT2D eigenvalue weighted by Gasteiger charge is 2.52. The molecule has 0 bridgehead atoms. The highest BCUT2D eigenvalue weighted by molar-refractivity contribution is 6.88. The normalized spacial score (nSPS) is 32.8. The fourth-order valence-corrected chi connectivity index (χ4v) is 7.28. The molecule has 3 rings (SSSR count). The van der Waals surface area contributed by atoms with Crippen molar-refractivity contribution in [2.75, 3.05) is 0 Å². The zero-order chi connectivity index (χ0) is 18.5. The van der Waals surface area contributed by atoms with E-state index in [9.17, 15) is 0 Å². The maximum atomic E-state index is 5.85. The second-order valence-electron chi connectivity index (χ2n) is 10.4. The number of allylic oxidation sites excluding steroid dienone is 2. The van der Waals surface area contributed by atoms with Gasteiger partial charge in [0.15, 0.2) is 0 Å². The number of fused-ring (bicyclic) bond motifs is 1. The molecule has 0 aliphatic heterocycles. The van der Waals surface area contributed by atoms with Crippen LogP contribution in [0.15, 0.2) is 35.0 Å². The SMILES string of the molecule is C=C1CC[C@H]2C(C)(C)CCC[C@]2(C)[C@H]1/C=C/c1ccoc1[Si](C)(C)C. The largest absolute Gasteiger partial charge is 0.474 e. The molecule has 138 valence electrons. The molecule has 3 atom stereocenters. The molecule has 2 fully saturated rings. The van der Waals surface area contributed by atoms with Crippen molar-refractivity contribution in [3.63, 3.8) is 0 Å². The highest BCUT2D eigenvalue weighted by Crippen LogP contribution is 2.61. The first kappa shape index (κ1) is 18.8. The summed E-state index contributed by atoms with van der Waals surface area (Å²) in [5.41, 5.74) is 3.54. The molecule has 1 nitrogen and oxygen atoms in total. The third-order valence-electron chi connectivity index (χ3n) is 7.03. The van der Waals surface area contributed by atoms with Gasteiger partial charge in [0.25, 0.3) is 0 Å². The summed E-state index contributed by atoms with van der Waals surface area (Å²) < 4.78 is 5.85. The zero-order valence-corrected chi connectivity index (χ0v) is 18.1. The quantitative estimate of drug-likeness (QED) is 0.437. The van der Waals surface area contributed by atoms with Crippen LogP contribution in [-0.2, 0) is 0 Å². The minimum absolute atomic E-state index is 0.358. The van der Waals surface area contributed by atoms with E-state index in [0.29, 0.717) is 16.7 Å². The van der Waals surface area contributed by atoms with E-state index in [1.807, 2.05) is 6.26 Å². The lowest BCUT2D eigenvalue weighted by Gasteiger charge is -2.57. The molecule has 0 N–H and O–H groups in total. The third-order valence-corrected chi connectivity index (χ3v) is 8.79. The highest BCUT2D eigenvalue weighted by atomic mass is 28.3. The second-order valence-corrected chi connectivity index (χ2v) is 15.3. The number of rotatable bonds is 3. The van der Waals surface area contributed by atoms with E-state index in [0.717, 1.165) is 5.92 Å². The van der Waals surface area contributed by atoms with E-state index in [2.05, 4.69) is 65.2 Å². The van der Waals surface area contributed by atoms with Gasteiger partial charge in [0.05, 0.1) is 11.6 Å². The summed E-state index contributed by atoms with van der Waals surface area (Å²) in [5, 5.41) is 1.22. The van der Waals surface area contributed by atoms with Crippen LogP contribution in [-0.4, -0.2) is 8.07 Å². The first-order valence-corrected chi connectivity index (χ1v) is 13.5. The van der Waals surface area contributed by atoms with Crippen LogP contribution in [0.4, 0.5) is 0 Å². The Kier molecular flexibility index (Phi) is 4.73. The molecule has 2 aliphatic carbocycles. The van der Waals surface area contributed by atoms with Crippen LogP contribution in [0, 0.1) is 22.7 Å². The van der Waals surface area contributed by atoms with E-state index >= 15 is 0 Å². The summed E-state index contributed by atoms with van der Waals surface area (Å²) >= 11 is 0. The molecule has 1 heterocycles. The van der Waals surface area contributed by atoms with Gasteiger partial charge in [-0.15, -0.1) is 0 Å². The summed E-state index contributed by atoms with van der Waals surface area (Å²) in [6, 6.07) is 2.14. The van der Waals surface area contributed by atoms with E-state index in [4.69, 9.17) is 4.42 Å². The molecule has 0 unspecified atom stereocenters. The Hall–Kier alpha value is -1.02. The van der Waals surface area contributed by atoms with Crippen molar-refractivity contribution in [2.45, 2.75) is 72.5 Å². The fourth-order valence-electron chi connectivity index (χ4n) is 5.83. The Morgan fingerprint density at radius 1 is 1.20 bits per heavy atom. The molecule has 1 aromatic rings. The lowest BCUT2D eigenvalue weighted by Crippen LogP contribution is -2.48. The predicted molar refractivity (Wildman–Crippen MR) is 112 cm³/mol. The molecular formula is C23H36OSi. The van der Waals surface area contributed by atoms with Gasteiger partial charge in [-0.25, -0.2) is 0 Å². The fraction of sp³-hybridized carbons (Fsp3) is 0.652. The Morgan fingerprint density at radius 2 is 1.92 bits per heavy atom. The second kappa shape index (κ2) is 6.30. The topological polar surface area (TPSA) is 13.1 Å². The summed E-state index contributed by atoms with van der Waals surface area (Å²) in [7, 11) is -1.45. The van der Waals surface area contributed by atoms with Gasteiger partial charge in [0.2, 0.25) is 0 Å². The number of furan rings is 1. The summed E-state index contributed by atoms with van der Waals surface area (Å²) in [5.74, 6) is 1.30. The smallest absolute Gasteiger partial charge is 0.124 e. The Morgan fingerprint density at radius 3 is 2.60 bits per heavy atom. The van der Waals surface area contributed by atoms with Crippen molar-refractivity contribution in [1.29, 1.82) is 0 Å². The van der Waals surface area contributed by atoms with Crippen LogP contribution in [0.25, 0.3) is 6.08 Å². The van der Waals surface area contributed by atoms with Crippen molar-refractivity contribution < 1.29 is 4.42 Å². The molecule has 0 aromatic carbocycles. The van der Waals surface area contributed by atoms with Gasteiger partial charge in [-0.2, -0.15) is 0 Å². The van der Waals surface area contributed by atoms with Crippen LogP contribution in [0.3, 0.4) is 0 Å². The Balaban J connectivity index is 1.93. The first-order chi connectivity index (χ1) is 11.6. The molecule has 2 aliphatic rings. The minimum Gasteiger partial charge on any atom is -0.474 e. The molecule has 2 saturated carbocycles. The summed E-state index contributed by atoms with van der Waals surface area (Å²) in [6.07, 6.45) is 13.2. The van der Waals surface area contributed by atoms with Crippen molar-refractivity contribution in [3.8, 4) is 0 Å². The van der Waals surface area contributed by atoms with Gasteiger partial charge in [0.1, 0.15) is 8.07 Å². The molecule has 0 spiro atoms. The van der Waals surface area contributed by atoms with Crippen molar-refractivity contribution in [2.24, 2.45) is 22.7 Å². The minimum atomic E-state index is -1.45. The summed E-state index contributed by atoms with van der Waals surface area (Å²) in [6.45, 7) is 19.1. The molecule has 25 heavy (non-hydrogen) atoms. The maximum Gasteiger partial charge on any atom is 0.124 e. The standard InChI is InChI=1S/C23H36OSi/c1-17-9-12-20-22(2,3)14-8-15-23(20,4)19(17)11-10-18-13-16-24-21(18)25(5,6)7/h10-11,13,16,19-20H,1,8-9,12,14-15H2,2-7H3/b11-10+/t19-,20-,23+/m0/s1. The average Bonchev–Trinajstić information content (AvgIpc) is 2.94. The van der Waals surface area contributed by atoms with Crippen molar-refractivity contribution in [1.82, 2.24) is 0 Å². The van der Waals surface area contributed by atoms with Crippen LogP contribution in [0.2, 0.25) is 19.6 Å².